The third-order valence-corrected chi connectivity index (χ3v) is 3.78. The lowest BCUT2D eigenvalue weighted by Gasteiger charge is -2.30. The summed E-state index contributed by atoms with van der Waals surface area (Å²) in [5.41, 5.74) is 5.54. The summed E-state index contributed by atoms with van der Waals surface area (Å²) in [7, 11) is 1.69. The third kappa shape index (κ3) is 3.13. The van der Waals surface area contributed by atoms with Gasteiger partial charge in [0.1, 0.15) is 5.01 Å². The Hall–Kier alpha value is -1.21. The van der Waals surface area contributed by atoms with E-state index >= 15 is 0 Å². The van der Waals surface area contributed by atoms with Crippen LogP contribution < -0.4 is 11.1 Å². The number of anilines is 1. The number of piperidine rings is 1. The zero-order chi connectivity index (χ0) is 12.3. The number of rotatable bonds is 3. The molecule has 0 radical (unpaired) electrons. The molecule has 7 heteroatoms. The first-order valence-corrected chi connectivity index (χ1v) is 6.52. The molecule has 1 amide bonds. The Morgan fingerprint density at radius 3 is 2.76 bits per heavy atom. The molecule has 94 valence electrons. The molecular weight excluding hydrogens is 238 g/mol. The molecule has 1 aliphatic heterocycles. The standard InChI is InChI=1S/C10H17N5OS/c1-12-9(16)7-2-4-15(5-3-7)6-8-13-14-10(11)17-8/h7H,2-6H2,1H3,(H2,11,14)(H,12,16). The molecule has 0 unspecified atom stereocenters. The highest BCUT2D eigenvalue weighted by atomic mass is 32.1. The normalized spacial score (nSPS) is 18.2. The SMILES string of the molecule is CNC(=O)C1CCN(Cc2nnc(N)s2)CC1. The largest absolute Gasteiger partial charge is 0.374 e. The van der Waals surface area contributed by atoms with Crippen molar-refractivity contribution >= 4 is 22.4 Å². The van der Waals surface area contributed by atoms with Crippen LogP contribution in [0.5, 0.6) is 0 Å². The fourth-order valence-electron chi connectivity index (χ4n) is 2.08. The Bertz CT molecular complexity index is 386. The summed E-state index contributed by atoms with van der Waals surface area (Å²) in [6, 6.07) is 0. The van der Waals surface area contributed by atoms with Crippen molar-refractivity contribution in [2.24, 2.45) is 5.92 Å². The van der Waals surface area contributed by atoms with Gasteiger partial charge < -0.3 is 11.1 Å². The van der Waals surface area contributed by atoms with Gasteiger partial charge in [0, 0.05) is 13.0 Å². The van der Waals surface area contributed by atoms with E-state index < -0.39 is 0 Å². The molecule has 0 atom stereocenters. The number of nitrogen functional groups attached to an aromatic ring is 1. The summed E-state index contributed by atoms with van der Waals surface area (Å²) in [6.45, 7) is 2.64. The van der Waals surface area contributed by atoms with Crippen LogP contribution in [0, 0.1) is 5.92 Å². The molecule has 6 nitrogen and oxygen atoms in total. The van der Waals surface area contributed by atoms with Crippen LogP contribution >= 0.6 is 11.3 Å². The highest BCUT2D eigenvalue weighted by Crippen LogP contribution is 2.20. The summed E-state index contributed by atoms with van der Waals surface area (Å²) < 4.78 is 0. The molecule has 1 fully saturated rings. The molecule has 1 aromatic rings. The molecule has 0 saturated carbocycles. The number of aromatic nitrogens is 2. The first-order chi connectivity index (χ1) is 8.19. The van der Waals surface area contributed by atoms with E-state index in [9.17, 15) is 4.79 Å². The minimum Gasteiger partial charge on any atom is -0.374 e. The Morgan fingerprint density at radius 2 is 2.24 bits per heavy atom. The maximum absolute atomic E-state index is 11.5. The Morgan fingerprint density at radius 1 is 1.53 bits per heavy atom. The van der Waals surface area contributed by atoms with E-state index in [1.54, 1.807) is 7.05 Å². The molecule has 1 saturated heterocycles. The van der Waals surface area contributed by atoms with Gasteiger partial charge in [0.15, 0.2) is 0 Å². The maximum atomic E-state index is 11.5. The second-order valence-electron chi connectivity index (χ2n) is 4.20. The Kier molecular flexibility index (Phi) is 3.90. The van der Waals surface area contributed by atoms with Crippen LogP contribution in [0.4, 0.5) is 5.13 Å². The minimum absolute atomic E-state index is 0.157. The summed E-state index contributed by atoms with van der Waals surface area (Å²) in [4.78, 5) is 13.8. The molecule has 0 aliphatic carbocycles. The van der Waals surface area contributed by atoms with E-state index in [4.69, 9.17) is 5.73 Å². The van der Waals surface area contributed by atoms with E-state index in [1.807, 2.05) is 0 Å². The number of carbonyl (C=O) groups is 1. The van der Waals surface area contributed by atoms with Crippen molar-refractivity contribution < 1.29 is 4.79 Å². The number of hydrogen-bond acceptors (Lipinski definition) is 6. The van der Waals surface area contributed by atoms with Gasteiger partial charge in [0.05, 0.1) is 6.54 Å². The summed E-state index contributed by atoms with van der Waals surface area (Å²) in [6.07, 6.45) is 1.82. The number of amides is 1. The number of nitrogens with two attached hydrogens (primary N) is 1. The number of nitrogens with one attached hydrogen (secondary N) is 1. The molecule has 2 heterocycles. The molecule has 1 aliphatic rings. The molecule has 3 N–H and O–H groups in total. The van der Waals surface area contributed by atoms with Crippen LogP contribution in [0.25, 0.3) is 0 Å². The molecule has 0 bridgehead atoms. The molecule has 2 rings (SSSR count). The zero-order valence-electron chi connectivity index (χ0n) is 9.85. The first kappa shape index (κ1) is 12.3. The van der Waals surface area contributed by atoms with Crippen LogP contribution in [0.3, 0.4) is 0 Å². The van der Waals surface area contributed by atoms with E-state index in [0.29, 0.717) is 5.13 Å². The minimum atomic E-state index is 0.157. The molecular formula is C10H17N5OS. The predicted molar refractivity (Wildman–Crippen MR) is 66.4 cm³/mol. The van der Waals surface area contributed by atoms with Crippen molar-refractivity contribution in [3.05, 3.63) is 5.01 Å². The average molecular weight is 255 g/mol. The van der Waals surface area contributed by atoms with Gasteiger partial charge in [0.2, 0.25) is 11.0 Å². The van der Waals surface area contributed by atoms with Crippen LogP contribution in [-0.4, -0.2) is 41.1 Å². The predicted octanol–water partition coefficient (Wildman–Crippen LogP) is 0.0783. The van der Waals surface area contributed by atoms with Crippen LogP contribution in [-0.2, 0) is 11.3 Å². The lowest BCUT2D eigenvalue weighted by atomic mass is 9.96. The van der Waals surface area contributed by atoms with Gasteiger partial charge in [-0.2, -0.15) is 0 Å². The third-order valence-electron chi connectivity index (χ3n) is 3.05. The maximum Gasteiger partial charge on any atom is 0.222 e. The topological polar surface area (TPSA) is 84.1 Å². The zero-order valence-corrected chi connectivity index (χ0v) is 10.7. The summed E-state index contributed by atoms with van der Waals surface area (Å²) in [5.74, 6) is 0.320. The van der Waals surface area contributed by atoms with Gasteiger partial charge >= 0.3 is 0 Å². The second kappa shape index (κ2) is 5.42. The van der Waals surface area contributed by atoms with Crippen LogP contribution in [0.1, 0.15) is 17.8 Å². The Labute approximate surface area is 104 Å². The fraction of sp³-hybridized carbons (Fsp3) is 0.700. The smallest absolute Gasteiger partial charge is 0.222 e. The highest BCUT2D eigenvalue weighted by molar-refractivity contribution is 7.15. The van der Waals surface area contributed by atoms with E-state index in [-0.39, 0.29) is 11.8 Å². The molecule has 0 aromatic carbocycles. The molecule has 17 heavy (non-hydrogen) atoms. The average Bonchev–Trinajstić information content (AvgIpc) is 2.75. The number of nitrogens with zero attached hydrogens (tertiary/aromatic N) is 3. The van der Waals surface area contributed by atoms with E-state index in [0.717, 1.165) is 37.5 Å². The molecule has 1 aromatic heterocycles. The van der Waals surface area contributed by atoms with Gasteiger partial charge in [-0.05, 0) is 25.9 Å². The van der Waals surface area contributed by atoms with Crippen molar-refractivity contribution in [2.45, 2.75) is 19.4 Å². The van der Waals surface area contributed by atoms with Crippen LogP contribution in [0.2, 0.25) is 0 Å². The van der Waals surface area contributed by atoms with Crippen molar-refractivity contribution in [3.63, 3.8) is 0 Å². The van der Waals surface area contributed by atoms with Crippen LogP contribution in [0.15, 0.2) is 0 Å². The van der Waals surface area contributed by atoms with E-state index in [1.165, 1.54) is 11.3 Å². The van der Waals surface area contributed by atoms with E-state index in [2.05, 4.69) is 20.4 Å². The lowest BCUT2D eigenvalue weighted by molar-refractivity contribution is -0.125. The van der Waals surface area contributed by atoms with Gasteiger partial charge in [0.25, 0.3) is 0 Å². The summed E-state index contributed by atoms with van der Waals surface area (Å²) in [5, 5.41) is 12.0. The van der Waals surface area contributed by atoms with Gasteiger partial charge in [-0.3, -0.25) is 9.69 Å². The van der Waals surface area contributed by atoms with Crippen molar-refractivity contribution in [2.75, 3.05) is 25.9 Å². The monoisotopic (exact) mass is 255 g/mol. The Balaban J connectivity index is 1.81. The van der Waals surface area contributed by atoms with Crippen molar-refractivity contribution in [1.82, 2.24) is 20.4 Å². The second-order valence-corrected chi connectivity index (χ2v) is 5.29. The highest BCUT2D eigenvalue weighted by Gasteiger charge is 2.24. The van der Waals surface area contributed by atoms with Gasteiger partial charge in [-0.25, -0.2) is 0 Å². The fourth-order valence-corrected chi connectivity index (χ4v) is 2.73. The van der Waals surface area contributed by atoms with Gasteiger partial charge in [-0.15, -0.1) is 10.2 Å². The first-order valence-electron chi connectivity index (χ1n) is 5.71. The quantitative estimate of drug-likeness (QED) is 0.799. The molecule has 0 spiro atoms. The number of likely N-dealkylation sites (tertiary alicyclic amines) is 1. The summed E-state index contributed by atoms with van der Waals surface area (Å²) >= 11 is 1.43. The van der Waals surface area contributed by atoms with Crippen molar-refractivity contribution in [1.29, 1.82) is 0 Å². The number of carbonyl (C=O) groups excluding carboxylic acids is 1. The lowest BCUT2D eigenvalue weighted by Crippen LogP contribution is -2.39. The van der Waals surface area contributed by atoms with Crippen molar-refractivity contribution in [3.8, 4) is 0 Å². The number of hydrogen-bond donors (Lipinski definition) is 2. The van der Waals surface area contributed by atoms with Gasteiger partial charge in [-0.1, -0.05) is 11.3 Å².